The maximum Gasteiger partial charge on any atom is 0.220 e. The van der Waals surface area contributed by atoms with Crippen LogP contribution in [0.4, 0.5) is 0 Å². The zero-order valence-electron chi connectivity index (χ0n) is 68.9. The number of ether oxygens (including phenoxy) is 2. The molecule has 0 saturated heterocycles. The summed E-state index contributed by atoms with van der Waals surface area (Å²) in [6, 6.07) is 8.41. The van der Waals surface area contributed by atoms with E-state index in [4.69, 9.17) is 9.47 Å². The number of aliphatic hydroxyl groups is 2. The second-order valence-electron chi connectivity index (χ2n) is 38.3. The Hall–Kier alpha value is -3.45. The van der Waals surface area contributed by atoms with Gasteiger partial charge in [-0.1, -0.05) is 202 Å². The minimum atomic E-state index is -0.148. The topological polar surface area (TPSA) is 190 Å². The number of aliphatic hydroxyl groups excluding tert-OH is 2. The maximum atomic E-state index is 11.7. The lowest BCUT2D eigenvalue weighted by Crippen LogP contribution is -2.28. The summed E-state index contributed by atoms with van der Waals surface area (Å²) in [6.45, 7) is 53.7. The Morgan fingerprint density at radius 2 is 0.806 bits per heavy atom. The first kappa shape index (κ1) is 98.7. The molecular formula is C86H159NO11. The van der Waals surface area contributed by atoms with Crippen LogP contribution in [-0.4, -0.2) is 97.0 Å². The number of carbonyl (C=O) groups excluding carboxylic acids is 7. The molecule has 4 atom stereocenters. The third-order valence-electron chi connectivity index (χ3n) is 17.3. The van der Waals surface area contributed by atoms with Crippen molar-refractivity contribution in [3.63, 3.8) is 0 Å². The molecule has 0 heterocycles. The van der Waals surface area contributed by atoms with Crippen LogP contribution in [0.5, 0.6) is 0 Å². The van der Waals surface area contributed by atoms with Crippen LogP contribution in [0.1, 0.15) is 363 Å². The van der Waals surface area contributed by atoms with Gasteiger partial charge in [-0.3, -0.25) is 33.6 Å². The number of ketones is 6. The maximum absolute atomic E-state index is 11.7. The van der Waals surface area contributed by atoms with Crippen LogP contribution in [0, 0.1) is 68.5 Å². The molecule has 0 aliphatic heterocycles. The lowest BCUT2D eigenvalue weighted by Gasteiger charge is -2.17. The van der Waals surface area contributed by atoms with Gasteiger partial charge in [0.1, 0.15) is 34.7 Å². The van der Waals surface area contributed by atoms with Crippen molar-refractivity contribution < 1.29 is 53.2 Å². The number of hydrogen-bond acceptors (Lipinski definition) is 11. The molecule has 3 N–H and O–H groups in total. The van der Waals surface area contributed by atoms with Gasteiger partial charge in [0.05, 0.1) is 12.2 Å². The number of amides is 1. The van der Waals surface area contributed by atoms with Gasteiger partial charge in [0, 0.05) is 117 Å². The normalized spacial score (nSPS) is 17.1. The minimum absolute atomic E-state index is 0.0747. The fraction of sp³-hybridized carbons (Fsp3) is 0.849. The summed E-state index contributed by atoms with van der Waals surface area (Å²) in [7, 11) is 3.33. The number of benzene rings is 1. The van der Waals surface area contributed by atoms with E-state index >= 15 is 0 Å². The molecule has 3 aliphatic carbocycles. The molecule has 0 spiro atoms. The highest BCUT2D eigenvalue weighted by molar-refractivity contribution is 5.80. The average molecular weight is 1380 g/mol. The third-order valence-corrected chi connectivity index (χ3v) is 17.3. The second-order valence-corrected chi connectivity index (χ2v) is 38.3. The van der Waals surface area contributed by atoms with Crippen molar-refractivity contribution in [1.29, 1.82) is 0 Å². The van der Waals surface area contributed by atoms with E-state index in [1.807, 2.05) is 0 Å². The number of methoxy groups -OCH3 is 2. The first-order valence-corrected chi connectivity index (χ1v) is 38.6. The van der Waals surface area contributed by atoms with Crippen LogP contribution in [0.2, 0.25) is 0 Å². The Morgan fingerprint density at radius 1 is 0.449 bits per heavy atom. The monoisotopic (exact) mass is 1380 g/mol. The van der Waals surface area contributed by atoms with E-state index in [2.05, 4.69) is 196 Å². The lowest BCUT2D eigenvalue weighted by atomic mass is 9.88. The van der Waals surface area contributed by atoms with E-state index in [0.717, 1.165) is 141 Å². The Kier molecular flexibility index (Phi) is 52.0. The van der Waals surface area contributed by atoms with Gasteiger partial charge in [-0.05, 0) is 177 Å². The van der Waals surface area contributed by atoms with E-state index in [-0.39, 0.29) is 45.2 Å². The van der Waals surface area contributed by atoms with Gasteiger partial charge >= 0.3 is 0 Å². The molecule has 1 aromatic carbocycles. The zero-order valence-corrected chi connectivity index (χ0v) is 68.9. The van der Waals surface area contributed by atoms with Gasteiger partial charge in [-0.15, -0.1) is 0 Å². The molecule has 574 valence electrons. The van der Waals surface area contributed by atoms with Crippen LogP contribution in [-0.2, 0) is 49.5 Å². The van der Waals surface area contributed by atoms with Crippen molar-refractivity contribution in [3.05, 3.63) is 35.4 Å². The van der Waals surface area contributed by atoms with E-state index in [1.165, 1.54) is 24.0 Å². The van der Waals surface area contributed by atoms with Crippen LogP contribution in [0.25, 0.3) is 0 Å². The molecule has 1 aromatic rings. The Bertz CT molecular complexity index is 2250. The largest absolute Gasteiger partial charge is 0.393 e. The fourth-order valence-corrected chi connectivity index (χ4v) is 10.7. The molecular weight excluding hydrogens is 1220 g/mol. The number of nitrogens with one attached hydrogen (secondary N) is 1. The summed E-state index contributed by atoms with van der Waals surface area (Å²) in [5.41, 5.74) is 4.28. The molecule has 2 unspecified atom stereocenters. The molecule has 98 heavy (non-hydrogen) atoms. The minimum Gasteiger partial charge on any atom is -0.393 e. The van der Waals surface area contributed by atoms with Gasteiger partial charge < -0.3 is 25.0 Å². The smallest absolute Gasteiger partial charge is 0.220 e. The van der Waals surface area contributed by atoms with Gasteiger partial charge in [0.15, 0.2) is 0 Å². The number of Topliss-reactive ketones (excluding diaryl/α,β-unsaturated/α-hetero) is 6. The van der Waals surface area contributed by atoms with Gasteiger partial charge in [0.25, 0.3) is 0 Å². The van der Waals surface area contributed by atoms with E-state index < -0.39 is 0 Å². The van der Waals surface area contributed by atoms with Crippen molar-refractivity contribution in [2.24, 2.45) is 61.6 Å². The van der Waals surface area contributed by atoms with Gasteiger partial charge in [0.2, 0.25) is 5.91 Å². The summed E-state index contributed by atoms with van der Waals surface area (Å²) < 4.78 is 9.76. The van der Waals surface area contributed by atoms with E-state index in [0.29, 0.717) is 134 Å². The lowest BCUT2D eigenvalue weighted by molar-refractivity contribution is -0.123. The summed E-state index contributed by atoms with van der Waals surface area (Å²) in [4.78, 5) is 80.4. The van der Waals surface area contributed by atoms with Crippen molar-refractivity contribution in [2.75, 3.05) is 34.0 Å². The Balaban J connectivity index is -0.00000108. The number of hydrogen-bond donors (Lipinski definition) is 3. The quantitative estimate of drug-likeness (QED) is 0.0568. The summed E-state index contributed by atoms with van der Waals surface area (Å²) in [6.07, 6.45) is 27.0. The van der Waals surface area contributed by atoms with Crippen LogP contribution >= 0.6 is 0 Å². The van der Waals surface area contributed by atoms with E-state index in [1.54, 1.807) is 14.2 Å². The standard InChI is InChI=1S/C16H24O.2C13H24O2.C12H22O.C11H22O2.C11H22O.C10H21NO2/c1-13-6-5-7-14(12-13)8-9-15(17)10-11-16(2,3)4;2*1-13(2,3)7-6-12(15)9-10-4-5-11(14)8-10;1-12(2,3)9-8-11(13)7-6-10-4-5-10;1-11(2,3)8-7-10(12)6-5-9-13-4;1-9(2)8-10(12)6-7-11(3,4)5;1-10(2,3)8-9(12)11-6-5-7-13-4/h5-7,12H,8-11H2,1-4H3;2*10-11,14H,4-9H2,1-3H3;10H,4-9H2,1-3H3;5-9H2,1-4H3;9H,6-8H2,1-5H3;5-8H2,1-4H3,(H,11,12)/t;10-,11-;;;;;/m.0...../s1. The predicted octanol–water partition coefficient (Wildman–Crippen LogP) is 21.6. The summed E-state index contributed by atoms with van der Waals surface area (Å²) >= 11 is 0. The molecule has 1 amide bonds. The number of rotatable bonds is 33. The van der Waals surface area contributed by atoms with Gasteiger partial charge in [-0.25, -0.2) is 0 Å². The van der Waals surface area contributed by atoms with Crippen LogP contribution < -0.4 is 5.32 Å². The summed E-state index contributed by atoms with van der Waals surface area (Å²) in [5, 5.41) is 21.6. The zero-order chi connectivity index (χ0) is 76.2. The Labute approximate surface area is 604 Å². The number of carbonyl (C=O) groups is 7. The van der Waals surface area contributed by atoms with Crippen LogP contribution in [0.15, 0.2) is 24.3 Å². The van der Waals surface area contributed by atoms with Crippen molar-refractivity contribution in [3.8, 4) is 0 Å². The van der Waals surface area contributed by atoms with Crippen molar-refractivity contribution in [1.82, 2.24) is 5.32 Å². The molecule has 4 rings (SSSR count). The molecule has 0 radical (unpaired) electrons. The molecule has 12 heteroatoms. The van der Waals surface area contributed by atoms with Gasteiger partial charge in [-0.2, -0.15) is 0 Å². The third kappa shape index (κ3) is 75.2. The Morgan fingerprint density at radius 3 is 1.14 bits per heavy atom. The van der Waals surface area contributed by atoms with Crippen molar-refractivity contribution in [2.45, 2.75) is 377 Å². The fourth-order valence-electron chi connectivity index (χ4n) is 10.7. The highest BCUT2D eigenvalue weighted by Gasteiger charge is 2.27. The average Bonchev–Trinajstić information content (AvgIpc) is 1.73. The molecule has 3 fully saturated rings. The first-order chi connectivity index (χ1) is 44.8. The molecule has 0 bridgehead atoms. The molecule has 0 aromatic heterocycles. The first-order valence-electron chi connectivity index (χ1n) is 38.6. The SMILES string of the molecule is CC(C)(C)CCC(=O)CC1CCC(O)C1.CC(C)(C)CCC(=O)CCC1CC1.CC(C)(C)CCC(=O)C[C@H]1CC[C@H](O)C1.CC(C)CC(=O)CCC(C)(C)C.COCCCC(=O)CCC(C)(C)C.COCCCNC(=O)CC(C)(C)C.Cc1cccc(CCC(=O)CCC(C)(C)C)c1. The van der Waals surface area contributed by atoms with E-state index in [9.17, 15) is 43.8 Å². The predicted molar refractivity (Wildman–Crippen MR) is 414 cm³/mol. The molecule has 12 nitrogen and oxygen atoms in total. The highest BCUT2D eigenvalue weighted by Crippen LogP contribution is 2.35. The number of aryl methyl sites for hydroxylation is 2. The molecule has 3 saturated carbocycles. The summed E-state index contributed by atoms with van der Waals surface area (Å²) in [5.74, 6) is 4.85. The van der Waals surface area contributed by atoms with Crippen LogP contribution in [0.3, 0.4) is 0 Å². The molecule has 3 aliphatic rings. The van der Waals surface area contributed by atoms with Crippen molar-refractivity contribution >= 4 is 40.6 Å². The highest BCUT2D eigenvalue weighted by atomic mass is 16.5. The second kappa shape index (κ2) is 51.7.